The van der Waals surface area contributed by atoms with E-state index in [-0.39, 0.29) is 16.1 Å². The second-order valence-corrected chi connectivity index (χ2v) is 6.49. The van der Waals surface area contributed by atoms with E-state index < -0.39 is 16.0 Å². The van der Waals surface area contributed by atoms with Gasteiger partial charge in [-0.25, -0.2) is 13.2 Å². The van der Waals surface area contributed by atoms with Crippen LogP contribution in [0.2, 0.25) is 5.02 Å². The Balaban J connectivity index is 2.33. The number of aromatic carboxylic acids is 1. The molecule has 2 aromatic carbocycles. The van der Waals surface area contributed by atoms with Gasteiger partial charge in [-0.15, -0.1) is 0 Å². The summed E-state index contributed by atoms with van der Waals surface area (Å²) in [4.78, 5) is 10.8. The number of carbonyl (C=O) groups is 1. The highest BCUT2D eigenvalue weighted by molar-refractivity contribution is 7.92. The van der Waals surface area contributed by atoms with Crippen molar-refractivity contribution in [3.05, 3.63) is 58.6 Å². The summed E-state index contributed by atoms with van der Waals surface area (Å²) >= 11 is 5.82. The van der Waals surface area contributed by atoms with Gasteiger partial charge in [-0.1, -0.05) is 17.7 Å². The second-order valence-electron chi connectivity index (χ2n) is 4.40. The fraction of sp³-hybridized carbons (Fsp3) is 0.0714. The van der Waals surface area contributed by atoms with E-state index in [0.717, 1.165) is 0 Å². The fourth-order valence-corrected chi connectivity index (χ4v) is 3.32. The molecule has 0 unspecified atom stereocenters. The average Bonchev–Trinajstić information content (AvgIpc) is 2.41. The molecule has 0 aliphatic carbocycles. The van der Waals surface area contributed by atoms with Crippen molar-refractivity contribution < 1.29 is 18.3 Å². The minimum Gasteiger partial charge on any atom is -0.478 e. The molecule has 0 spiro atoms. The molecule has 0 aromatic heterocycles. The SMILES string of the molecule is Cc1ccc(Cl)cc1S(=O)(=O)Nc1ccc(C(=O)O)cc1. The third kappa shape index (κ3) is 3.53. The van der Waals surface area contributed by atoms with Gasteiger partial charge in [0.25, 0.3) is 10.0 Å². The van der Waals surface area contributed by atoms with Crippen LogP contribution < -0.4 is 4.72 Å². The van der Waals surface area contributed by atoms with Crippen LogP contribution in [0.3, 0.4) is 0 Å². The Morgan fingerprint density at radius 1 is 1.14 bits per heavy atom. The summed E-state index contributed by atoms with van der Waals surface area (Å²) < 4.78 is 27.0. The van der Waals surface area contributed by atoms with Crippen molar-refractivity contribution in [1.29, 1.82) is 0 Å². The van der Waals surface area contributed by atoms with Gasteiger partial charge >= 0.3 is 5.97 Å². The number of aryl methyl sites for hydroxylation is 1. The van der Waals surface area contributed by atoms with E-state index in [1.807, 2.05) is 0 Å². The molecule has 21 heavy (non-hydrogen) atoms. The fourth-order valence-electron chi connectivity index (χ4n) is 1.75. The van der Waals surface area contributed by atoms with E-state index in [4.69, 9.17) is 16.7 Å². The monoisotopic (exact) mass is 325 g/mol. The summed E-state index contributed by atoms with van der Waals surface area (Å²) in [5, 5.41) is 9.12. The maximum atomic E-state index is 12.3. The number of carboxylic acid groups (broad SMARTS) is 1. The number of hydrogen-bond acceptors (Lipinski definition) is 3. The van der Waals surface area contributed by atoms with Crippen molar-refractivity contribution in [2.75, 3.05) is 4.72 Å². The molecule has 110 valence electrons. The molecule has 0 atom stereocenters. The average molecular weight is 326 g/mol. The maximum absolute atomic E-state index is 12.3. The van der Waals surface area contributed by atoms with E-state index in [1.54, 1.807) is 19.1 Å². The van der Waals surface area contributed by atoms with Crippen LogP contribution in [0.4, 0.5) is 5.69 Å². The smallest absolute Gasteiger partial charge is 0.335 e. The predicted molar refractivity (Wildman–Crippen MR) is 80.4 cm³/mol. The largest absolute Gasteiger partial charge is 0.478 e. The summed E-state index contributed by atoms with van der Waals surface area (Å²) in [5.41, 5.74) is 0.922. The highest BCUT2D eigenvalue weighted by Crippen LogP contribution is 2.23. The molecular formula is C14H12ClNO4S. The predicted octanol–water partition coefficient (Wildman–Crippen LogP) is 3.15. The topological polar surface area (TPSA) is 83.5 Å². The second kappa shape index (κ2) is 5.75. The Labute approximate surface area is 127 Å². The number of rotatable bonds is 4. The molecule has 0 saturated heterocycles. The van der Waals surface area contributed by atoms with E-state index in [2.05, 4.69) is 4.72 Å². The first-order valence-corrected chi connectivity index (χ1v) is 7.78. The first-order valence-electron chi connectivity index (χ1n) is 5.92. The lowest BCUT2D eigenvalue weighted by atomic mass is 10.2. The summed E-state index contributed by atoms with van der Waals surface area (Å²) in [5.74, 6) is -1.07. The number of halogens is 1. The molecule has 0 saturated carbocycles. The van der Waals surface area contributed by atoms with Crippen molar-refractivity contribution in [1.82, 2.24) is 0 Å². The van der Waals surface area contributed by atoms with E-state index in [1.165, 1.54) is 30.3 Å². The van der Waals surface area contributed by atoms with Crippen LogP contribution in [0.5, 0.6) is 0 Å². The van der Waals surface area contributed by atoms with Crippen LogP contribution in [0.15, 0.2) is 47.4 Å². The quantitative estimate of drug-likeness (QED) is 0.904. The minimum absolute atomic E-state index is 0.0804. The molecule has 0 heterocycles. The first kappa shape index (κ1) is 15.3. The molecule has 2 N–H and O–H groups in total. The molecule has 5 nitrogen and oxygen atoms in total. The molecule has 0 radical (unpaired) electrons. The Bertz CT molecular complexity index is 785. The zero-order valence-corrected chi connectivity index (χ0v) is 12.6. The van der Waals surface area contributed by atoms with Gasteiger partial charge in [0.05, 0.1) is 10.5 Å². The molecule has 0 aliphatic heterocycles. The lowest BCUT2D eigenvalue weighted by Gasteiger charge is -2.11. The Morgan fingerprint density at radius 3 is 2.33 bits per heavy atom. The molecule has 0 bridgehead atoms. The Kier molecular flexibility index (Phi) is 4.20. The molecule has 2 rings (SSSR count). The van der Waals surface area contributed by atoms with Crippen molar-refractivity contribution >= 4 is 33.3 Å². The highest BCUT2D eigenvalue weighted by Gasteiger charge is 2.17. The maximum Gasteiger partial charge on any atom is 0.335 e. The summed E-state index contributed by atoms with van der Waals surface area (Å²) in [6.45, 7) is 1.67. The van der Waals surface area contributed by atoms with Gasteiger partial charge in [0.15, 0.2) is 0 Å². The van der Waals surface area contributed by atoms with Crippen LogP contribution in [0.1, 0.15) is 15.9 Å². The third-order valence-corrected chi connectivity index (χ3v) is 4.58. The molecule has 7 heteroatoms. The van der Waals surface area contributed by atoms with Gasteiger partial charge < -0.3 is 5.11 Å². The van der Waals surface area contributed by atoms with Gasteiger partial charge in [0, 0.05) is 10.7 Å². The summed E-state index contributed by atoms with van der Waals surface area (Å²) in [6.07, 6.45) is 0. The number of hydrogen-bond donors (Lipinski definition) is 2. The standard InChI is InChI=1S/C14H12ClNO4S/c1-9-2-5-11(15)8-13(9)21(19,20)16-12-6-3-10(4-7-12)14(17)18/h2-8,16H,1H3,(H,17,18). The number of anilines is 1. The number of carboxylic acids is 1. The van der Waals surface area contributed by atoms with Gasteiger partial charge in [-0.2, -0.15) is 0 Å². The first-order chi connectivity index (χ1) is 9.79. The van der Waals surface area contributed by atoms with Gasteiger partial charge in [0.2, 0.25) is 0 Å². The van der Waals surface area contributed by atoms with Gasteiger partial charge in [-0.3, -0.25) is 4.72 Å². The molecule has 0 amide bonds. The molecule has 0 aliphatic rings. The van der Waals surface area contributed by atoms with E-state index in [0.29, 0.717) is 10.6 Å². The minimum atomic E-state index is -3.78. The Morgan fingerprint density at radius 2 is 1.76 bits per heavy atom. The lowest BCUT2D eigenvalue weighted by Crippen LogP contribution is -2.14. The zero-order valence-electron chi connectivity index (χ0n) is 11.0. The number of benzene rings is 2. The van der Waals surface area contributed by atoms with Crippen molar-refractivity contribution in [2.24, 2.45) is 0 Å². The van der Waals surface area contributed by atoms with E-state index >= 15 is 0 Å². The van der Waals surface area contributed by atoms with Crippen LogP contribution in [-0.2, 0) is 10.0 Å². The van der Waals surface area contributed by atoms with E-state index in [9.17, 15) is 13.2 Å². The van der Waals surface area contributed by atoms with Gasteiger partial charge in [0.1, 0.15) is 0 Å². The van der Waals surface area contributed by atoms with Crippen molar-refractivity contribution in [2.45, 2.75) is 11.8 Å². The van der Waals surface area contributed by atoms with Crippen molar-refractivity contribution in [3.63, 3.8) is 0 Å². The zero-order chi connectivity index (χ0) is 15.6. The van der Waals surface area contributed by atoms with Crippen LogP contribution >= 0.6 is 11.6 Å². The highest BCUT2D eigenvalue weighted by atomic mass is 35.5. The van der Waals surface area contributed by atoms with Gasteiger partial charge in [-0.05, 0) is 48.9 Å². The number of nitrogens with one attached hydrogen (secondary N) is 1. The normalized spacial score (nSPS) is 11.1. The van der Waals surface area contributed by atoms with Crippen molar-refractivity contribution in [3.8, 4) is 0 Å². The van der Waals surface area contributed by atoms with Crippen LogP contribution in [0.25, 0.3) is 0 Å². The lowest BCUT2D eigenvalue weighted by molar-refractivity contribution is 0.0697. The summed E-state index contributed by atoms with van der Waals surface area (Å²) in [6, 6.07) is 10.0. The molecule has 2 aromatic rings. The number of sulfonamides is 1. The molecule has 0 fully saturated rings. The summed E-state index contributed by atoms with van der Waals surface area (Å²) in [7, 11) is -3.78. The third-order valence-electron chi connectivity index (χ3n) is 2.82. The molecular weight excluding hydrogens is 314 g/mol. The Hall–Kier alpha value is -2.05. The van der Waals surface area contributed by atoms with Crippen LogP contribution in [0, 0.1) is 6.92 Å². The van der Waals surface area contributed by atoms with Crippen LogP contribution in [-0.4, -0.2) is 19.5 Å².